The maximum absolute atomic E-state index is 13.0. The molecular formula is C20H15ClN4O2S. The van der Waals surface area contributed by atoms with Crippen LogP contribution in [0.5, 0.6) is 0 Å². The van der Waals surface area contributed by atoms with Gasteiger partial charge in [0.2, 0.25) is 0 Å². The Hall–Kier alpha value is -3.03. The Morgan fingerprint density at radius 1 is 1.18 bits per heavy atom. The van der Waals surface area contributed by atoms with E-state index in [-0.39, 0.29) is 11.5 Å². The van der Waals surface area contributed by atoms with Crippen molar-refractivity contribution in [3.63, 3.8) is 0 Å². The van der Waals surface area contributed by atoms with Crippen molar-refractivity contribution in [1.82, 2.24) is 14.5 Å². The third-order valence-corrected chi connectivity index (χ3v) is 5.71. The predicted octanol–water partition coefficient (Wildman–Crippen LogP) is 4.12. The Balaban J connectivity index is 1.68. The van der Waals surface area contributed by atoms with Crippen molar-refractivity contribution in [2.24, 2.45) is 0 Å². The minimum absolute atomic E-state index is 0.161. The molecule has 8 heteroatoms. The van der Waals surface area contributed by atoms with Crippen molar-refractivity contribution in [2.75, 3.05) is 5.32 Å². The molecule has 0 saturated carbocycles. The lowest BCUT2D eigenvalue weighted by atomic mass is 10.2. The first-order valence-corrected chi connectivity index (χ1v) is 9.68. The highest BCUT2D eigenvalue weighted by atomic mass is 35.5. The molecule has 0 bridgehead atoms. The number of carbonyl (C=O) groups excluding carboxylic acids is 1. The first kappa shape index (κ1) is 18.3. The van der Waals surface area contributed by atoms with Gasteiger partial charge in [-0.15, -0.1) is 11.3 Å². The van der Waals surface area contributed by atoms with Gasteiger partial charge in [-0.1, -0.05) is 41.9 Å². The number of nitrogens with zero attached hydrogens (tertiary/aromatic N) is 3. The number of aromatic nitrogens is 3. The van der Waals surface area contributed by atoms with Crippen LogP contribution in [-0.2, 0) is 6.54 Å². The molecule has 1 N–H and O–H groups in total. The van der Waals surface area contributed by atoms with E-state index < -0.39 is 0 Å². The van der Waals surface area contributed by atoms with Gasteiger partial charge in [0.25, 0.3) is 11.5 Å². The fourth-order valence-electron chi connectivity index (χ4n) is 2.89. The van der Waals surface area contributed by atoms with E-state index >= 15 is 0 Å². The average molecular weight is 411 g/mol. The zero-order valence-electron chi connectivity index (χ0n) is 14.8. The molecule has 0 fully saturated rings. The number of nitrogens with one attached hydrogen (secondary N) is 1. The van der Waals surface area contributed by atoms with E-state index in [4.69, 9.17) is 11.6 Å². The molecule has 28 heavy (non-hydrogen) atoms. The standard InChI is InChI=1S/C20H15ClN4O2S/c1-12-16-19(23-11-25(20(16)27)10-13-5-3-2-4-6-13)28-17(12)18(26)24-15-8-7-14(21)9-22-15/h2-9,11H,10H2,1H3,(H,22,24,26). The number of pyridine rings is 1. The van der Waals surface area contributed by atoms with E-state index in [1.807, 2.05) is 30.3 Å². The van der Waals surface area contributed by atoms with Crippen LogP contribution in [0, 0.1) is 6.92 Å². The Morgan fingerprint density at radius 3 is 2.68 bits per heavy atom. The zero-order chi connectivity index (χ0) is 19.7. The number of fused-ring (bicyclic) bond motifs is 1. The maximum Gasteiger partial charge on any atom is 0.267 e. The Bertz CT molecular complexity index is 1220. The number of carbonyl (C=O) groups is 1. The van der Waals surface area contributed by atoms with Gasteiger partial charge in [0.1, 0.15) is 10.6 Å². The second-order valence-corrected chi connectivity index (χ2v) is 7.65. The number of anilines is 1. The molecule has 0 atom stereocenters. The van der Waals surface area contributed by atoms with Crippen LogP contribution in [0.25, 0.3) is 10.2 Å². The van der Waals surface area contributed by atoms with Gasteiger partial charge in [0.05, 0.1) is 28.2 Å². The first-order valence-electron chi connectivity index (χ1n) is 8.48. The van der Waals surface area contributed by atoms with Crippen molar-refractivity contribution in [2.45, 2.75) is 13.5 Å². The van der Waals surface area contributed by atoms with E-state index in [2.05, 4.69) is 15.3 Å². The normalized spacial score (nSPS) is 10.9. The third kappa shape index (κ3) is 3.54. The molecule has 3 heterocycles. The van der Waals surface area contributed by atoms with Crippen LogP contribution in [0.1, 0.15) is 20.8 Å². The summed E-state index contributed by atoms with van der Waals surface area (Å²) in [5.74, 6) is 0.0602. The number of benzene rings is 1. The summed E-state index contributed by atoms with van der Waals surface area (Å²) in [4.78, 5) is 35.1. The molecule has 0 spiro atoms. The molecule has 1 amide bonds. The van der Waals surface area contributed by atoms with Gasteiger partial charge < -0.3 is 5.32 Å². The van der Waals surface area contributed by atoms with Crippen molar-refractivity contribution in [3.05, 3.63) is 86.4 Å². The predicted molar refractivity (Wildman–Crippen MR) is 111 cm³/mol. The molecule has 0 unspecified atom stereocenters. The molecule has 140 valence electrons. The maximum atomic E-state index is 13.0. The van der Waals surface area contributed by atoms with Gasteiger partial charge >= 0.3 is 0 Å². The van der Waals surface area contributed by atoms with Crippen LogP contribution in [-0.4, -0.2) is 20.4 Å². The molecule has 0 aliphatic carbocycles. The second kappa shape index (κ2) is 7.53. The van der Waals surface area contributed by atoms with Gasteiger partial charge in [-0.25, -0.2) is 9.97 Å². The minimum atomic E-state index is -0.329. The summed E-state index contributed by atoms with van der Waals surface area (Å²) < 4.78 is 1.56. The SMILES string of the molecule is Cc1c(C(=O)Nc2ccc(Cl)cn2)sc2ncn(Cc3ccccc3)c(=O)c12. The summed E-state index contributed by atoms with van der Waals surface area (Å²) >= 11 is 7.01. The molecule has 4 aromatic rings. The minimum Gasteiger partial charge on any atom is -0.306 e. The van der Waals surface area contributed by atoms with Crippen molar-refractivity contribution < 1.29 is 4.79 Å². The largest absolute Gasteiger partial charge is 0.306 e. The summed E-state index contributed by atoms with van der Waals surface area (Å²) in [6.07, 6.45) is 2.98. The lowest BCUT2D eigenvalue weighted by Gasteiger charge is -2.05. The molecule has 1 aromatic carbocycles. The van der Waals surface area contributed by atoms with Crippen LogP contribution in [0.3, 0.4) is 0 Å². The topological polar surface area (TPSA) is 76.9 Å². The van der Waals surface area contributed by atoms with Gasteiger partial charge in [0.15, 0.2) is 0 Å². The molecule has 0 aliphatic heterocycles. The molecule has 3 aromatic heterocycles. The van der Waals surface area contributed by atoms with E-state index in [0.717, 1.165) is 5.56 Å². The Morgan fingerprint density at radius 2 is 1.96 bits per heavy atom. The molecule has 0 saturated heterocycles. The van der Waals surface area contributed by atoms with Gasteiger partial charge in [-0.3, -0.25) is 14.2 Å². The lowest BCUT2D eigenvalue weighted by molar-refractivity contribution is 0.102. The number of thiophene rings is 1. The molecule has 6 nitrogen and oxygen atoms in total. The van der Waals surface area contributed by atoms with Crippen molar-refractivity contribution in [3.8, 4) is 0 Å². The Labute approximate surface area is 169 Å². The van der Waals surface area contributed by atoms with Crippen LogP contribution >= 0.6 is 22.9 Å². The molecule has 4 rings (SSSR count). The van der Waals surface area contributed by atoms with E-state index in [1.165, 1.54) is 23.9 Å². The quantitative estimate of drug-likeness (QED) is 0.549. The number of halogens is 1. The van der Waals surface area contributed by atoms with Crippen molar-refractivity contribution in [1.29, 1.82) is 0 Å². The Kier molecular flexibility index (Phi) is 4.93. The smallest absolute Gasteiger partial charge is 0.267 e. The fraction of sp³-hybridized carbons (Fsp3) is 0.100. The van der Waals surface area contributed by atoms with Crippen LogP contribution < -0.4 is 10.9 Å². The van der Waals surface area contributed by atoms with Crippen LogP contribution in [0.4, 0.5) is 5.82 Å². The molecular weight excluding hydrogens is 396 g/mol. The van der Waals surface area contributed by atoms with E-state index in [0.29, 0.717) is 38.0 Å². The van der Waals surface area contributed by atoms with Crippen LogP contribution in [0.2, 0.25) is 5.02 Å². The lowest BCUT2D eigenvalue weighted by Crippen LogP contribution is -2.21. The van der Waals surface area contributed by atoms with E-state index in [1.54, 1.807) is 23.6 Å². The highest BCUT2D eigenvalue weighted by molar-refractivity contribution is 7.20. The number of aryl methyl sites for hydroxylation is 1. The number of hydrogen-bond donors (Lipinski definition) is 1. The summed E-state index contributed by atoms with van der Waals surface area (Å²) in [6.45, 7) is 2.19. The summed E-state index contributed by atoms with van der Waals surface area (Å²) in [5.41, 5.74) is 1.46. The second-order valence-electron chi connectivity index (χ2n) is 6.22. The summed E-state index contributed by atoms with van der Waals surface area (Å²) in [6, 6.07) is 13.0. The van der Waals surface area contributed by atoms with Gasteiger partial charge in [-0.2, -0.15) is 0 Å². The first-order chi connectivity index (χ1) is 13.5. The number of rotatable bonds is 4. The van der Waals surface area contributed by atoms with Crippen molar-refractivity contribution >= 4 is 44.9 Å². The summed E-state index contributed by atoms with van der Waals surface area (Å²) in [5, 5.41) is 3.68. The third-order valence-electron chi connectivity index (χ3n) is 4.29. The highest BCUT2D eigenvalue weighted by Crippen LogP contribution is 2.27. The zero-order valence-corrected chi connectivity index (χ0v) is 16.4. The molecule has 0 aliphatic rings. The highest BCUT2D eigenvalue weighted by Gasteiger charge is 2.20. The van der Waals surface area contributed by atoms with Gasteiger partial charge in [0, 0.05) is 6.20 Å². The number of amides is 1. The summed E-state index contributed by atoms with van der Waals surface area (Å²) in [7, 11) is 0. The van der Waals surface area contributed by atoms with E-state index in [9.17, 15) is 9.59 Å². The van der Waals surface area contributed by atoms with Gasteiger partial charge in [-0.05, 0) is 30.2 Å². The monoisotopic (exact) mass is 410 g/mol. The molecule has 0 radical (unpaired) electrons. The van der Waals surface area contributed by atoms with Crippen LogP contribution in [0.15, 0.2) is 59.8 Å². The fourth-order valence-corrected chi connectivity index (χ4v) is 4.04. The number of hydrogen-bond acceptors (Lipinski definition) is 5. The average Bonchev–Trinajstić information content (AvgIpc) is 3.04.